The second-order valence-corrected chi connectivity index (χ2v) is 6.07. The fourth-order valence-electron chi connectivity index (χ4n) is 2.15. The van der Waals surface area contributed by atoms with E-state index >= 15 is 0 Å². The van der Waals surface area contributed by atoms with E-state index in [2.05, 4.69) is 31.8 Å². The fourth-order valence-corrected chi connectivity index (χ4v) is 2.15. The van der Waals surface area contributed by atoms with Gasteiger partial charge in [-0.15, -0.1) is 0 Å². The molecule has 2 aromatic rings. The van der Waals surface area contributed by atoms with Gasteiger partial charge in [-0.05, 0) is 41.0 Å². The van der Waals surface area contributed by atoms with E-state index in [9.17, 15) is 9.59 Å². The number of aliphatic carboxylic acids is 1. The van der Waals surface area contributed by atoms with Crippen molar-refractivity contribution >= 4 is 16.9 Å². The molecule has 2 N–H and O–H groups in total. The smallest absolute Gasteiger partial charge is 0.303 e. The van der Waals surface area contributed by atoms with E-state index in [4.69, 9.17) is 5.11 Å². The number of fused-ring (bicyclic) bond motifs is 1. The normalized spacial score (nSPS) is 11.8. The van der Waals surface area contributed by atoms with Crippen molar-refractivity contribution in [2.24, 2.45) is 0 Å². The lowest BCUT2D eigenvalue weighted by molar-refractivity contribution is -0.136. The van der Waals surface area contributed by atoms with Gasteiger partial charge >= 0.3 is 5.97 Å². The number of hydrogen-bond acceptors (Lipinski definition) is 2. The van der Waals surface area contributed by atoms with Crippen LogP contribution in [-0.4, -0.2) is 16.1 Å². The second-order valence-electron chi connectivity index (χ2n) is 6.07. The number of hydrogen-bond donors (Lipinski definition) is 2. The third-order valence-corrected chi connectivity index (χ3v) is 3.40. The van der Waals surface area contributed by atoms with Crippen LogP contribution in [0.15, 0.2) is 29.1 Å². The molecule has 0 aliphatic carbocycles. The molecule has 20 heavy (non-hydrogen) atoms. The molecular formula is C16H19NO3. The van der Waals surface area contributed by atoms with E-state index in [1.54, 1.807) is 6.07 Å². The van der Waals surface area contributed by atoms with Gasteiger partial charge in [0.05, 0.1) is 0 Å². The van der Waals surface area contributed by atoms with Gasteiger partial charge in [0.1, 0.15) is 0 Å². The summed E-state index contributed by atoms with van der Waals surface area (Å²) in [5.74, 6) is -0.895. The molecule has 1 heterocycles. The van der Waals surface area contributed by atoms with E-state index in [0.29, 0.717) is 5.56 Å². The molecule has 0 saturated heterocycles. The molecule has 0 bridgehead atoms. The lowest BCUT2D eigenvalue weighted by Crippen LogP contribution is -2.15. The van der Waals surface area contributed by atoms with Crippen molar-refractivity contribution in [1.29, 1.82) is 0 Å². The Balaban J connectivity index is 2.49. The average Bonchev–Trinajstić information content (AvgIpc) is 2.34. The maximum atomic E-state index is 11.9. The van der Waals surface area contributed by atoms with Crippen LogP contribution < -0.4 is 5.56 Å². The molecule has 0 fully saturated rings. The largest absolute Gasteiger partial charge is 0.481 e. The summed E-state index contributed by atoms with van der Waals surface area (Å²) in [5, 5.41) is 9.66. The summed E-state index contributed by atoms with van der Waals surface area (Å²) >= 11 is 0. The number of nitrogens with one attached hydrogen (secondary N) is 1. The molecule has 1 aromatic heterocycles. The van der Waals surface area contributed by atoms with Crippen molar-refractivity contribution in [2.75, 3.05) is 0 Å². The number of carbonyl (C=O) groups is 1. The van der Waals surface area contributed by atoms with Gasteiger partial charge in [-0.2, -0.15) is 0 Å². The van der Waals surface area contributed by atoms with Gasteiger partial charge in [0.25, 0.3) is 5.56 Å². The Morgan fingerprint density at radius 2 is 1.95 bits per heavy atom. The molecule has 1 aromatic carbocycles. The number of aromatic amines is 1. The van der Waals surface area contributed by atoms with Crippen LogP contribution in [0.3, 0.4) is 0 Å². The van der Waals surface area contributed by atoms with Crippen LogP contribution >= 0.6 is 0 Å². The van der Waals surface area contributed by atoms with Gasteiger partial charge in [0.2, 0.25) is 0 Å². The number of carboxylic acids is 1. The van der Waals surface area contributed by atoms with E-state index in [1.165, 1.54) is 5.56 Å². The summed E-state index contributed by atoms with van der Waals surface area (Å²) in [4.78, 5) is 25.3. The number of carboxylic acid groups (broad SMARTS) is 1. The third kappa shape index (κ3) is 3.07. The van der Waals surface area contributed by atoms with Crippen molar-refractivity contribution in [1.82, 2.24) is 4.98 Å². The maximum absolute atomic E-state index is 11.9. The highest BCUT2D eigenvalue weighted by atomic mass is 16.4. The van der Waals surface area contributed by atoms with Gasteiger partial charge in [-0.25, -0.2) is 0 Å². The minimum atomic E-state index is -0.895. The van der Waals surface area contributed by atoms with Crippen molar-refractivity contribution < 1.29 is 9.90 Å². The third-order valence-electron chi connectivity index (χ3n) is 3.40. The first-order valence-corrected chi connectivity index (χ1v) is 6.65. The van der Waals surface area contributed by atoms with Crippen molar-refractivity contribution in [3.8, 4) is 0 Å². The quantitative estimate of drug-likeness (QED) is 0.903. The summed E-state index contributed by atoms with van der Waals surface area (Å²) < 4.78 is 0. The van der Waals surface area contributed by atoms with Gasteiger partial charge in [0.15, 0.2) is 0 Å². The lowest BCUT2D eigenvalue weighted by Gasteiger charge is -2.19. The van der Waals surface area contributed by atoms with Crippen LogP contribution in [0.5, 0.6) is 0 Å². The number of rotatable bonds is 3. The Morgan fingerprint density at radius 3 is 2.55 bits per heavy atom. The highest BCUT2D eigenvalue weighted by molar-refractivity contribution is 5.80. The molecule has 106 valence electrons. The van der Waals surface area contributed by atoms with Gasteiger partial charge in [0, 0.05) is 17.5 Å². The summed E-state index contributed by atoms with van der Waals surface area (Å²) in [6.45, 7) is 6.39. The molecule has 0 spiro atoms. The Kier molecular flexibility index (Phi) is 3.66. The van der Waals surface area contributed by atoms with E-state index in [0.717, 1.165) is 10.9 Å². The highest BCUT2D eigenvalue weighted by Crippen LogP contribution is 2.25. The van der Waals surface area contributed by atoms with Gasteiger partial charge in [-0.3, -0.25) is 9.59 Å². The predicted octanol–water partition coefficient (Wildman–Crippen LogP) is 2.84. The summed E-state index contributed by atoms with van der Waals surface area (Å²) in [5.41, 5.74) is 2.31. The highest BCUT2D eigenvalue weighted by Gasteiger charge is 2.14. The molecule has 4 heteroatoms. The van der Waals surface area contributed by atoms with Crippen LogP contribution in [0.1, 0.15) is 38.3 Å². The van der Waals surface area contributed by atoms with Crippen LogP contribution in [-0.2, 0) is 16.6 Å². The Labute approximate surface area is 117 Å². The molecule has 0 unspecified atom stereocenters. The van der Waals surface area contributed by atoms with E-state index in [-0.39, 0.29) is 23.8 Å². The molecule has 0 saturated carbocycles. The minimum absolute atomic E-state index is 0.0333. The number of aromatic nitrogens is 1. The number of benzene rings is 1. The second kappa shape index (κ2) is 5.12. The van der Waals surface area contributed by atoms with Crippen LogP contribution in [0.25, 0.3) is 10.9 Å². The van der Waals surface area contributed by atoms with Gasteiger partial charge in [-0.1, -0.05) is 26.8 Å². The summed E-state index contributed by atoms with van der Waals surface area (Å²) in [6, 6.07) is 7.76. The molecule has 2 rings (SSSR count). The zero-order valence-electron chi connectivity index (χ0n) is 12.0. The topological polar surface area (TPSA) is 70.2 Å². The van der Waals surface area contributed by atoms with Gasteiger partial charge < -0.3 is 10.1 Å². The first-order valence-electron chi connectivity index (χ1n) is 6.65. The SMILES string of the molecule is CC(C)(C)c1ccc2[nH]c(=O)c(CCC(=O)O)cc2c1. The van der Waals surface area contributed by atoms with Crippen molar-refractivity contribution in [3.63, 3.8) is 0 Å². The van der Waals surface area contributed by atoms with E-state index in [1.807, 2.05) is 12.1 Å². The minimum Gasteiger partial charge on any atom is -0.481 e. The standard InChI is InChI=1S/C16H19NO3/c1-16(2,3)12-5-6-13-11(9-12)8-10(15(20)17-13)4-7-14(18)19/h5-6,8-9H,4,7H2,1-3H3,(H,17,20)(H,18,19). The summed E-state index contributed by atoms with van der Waals surface area (Å²) in [6.07, 6.45) is 0.216. The molecule has 0 aliphatic heterocycles. The zero-order valence-corrected chi connectivity index (χ0v) is 12.0. The molecule has 0 atom stereocenters. The first kappa shape index (κ1) is 14.3. The van der Waals surface area contributed by atoms with Crippen LogP contribution in [0, 0.1) is 0 Å². The number of H-pyrrole nitrogens is 1. The van der Waals surface area contributed by atoms with Crippen molar-refractivity contribution in [3.05, 3.63) is 45.7 Å². The number of aryl methyl sites for hydroxylation is 1. The lowest BCUT2D eigenvalue weighted by atomic mass is 9.86. The fraction of sp³-hybridized carbons (Fsp3) is 0.375. The Morgan fingerprint density at radius 1 is 1.25 bits per heavy atom. The number of pyridine rings is 1. The molecule has 0 aliphatic rings. The molecular weight excluding hydrogens is 254 g/mol. The predicted molar refractivity (Wildman–Crippen MR) is 79.2 cm³/mol. The Hall–Kier alpha value is -2.10. The van der Waals surface area contributed by atoms with Crippen molar-refractivity contribution in [2.45, 2.75) is 39.0 Å². The average molecular weight is 273 g/mol. The zero-order chi connectivity index (χ0) is 14.9. The van der Waals surface area contributed by atoms with E-state index < -0.39 is 5.97 Å². The monoisotopic (exact) mass is 273 g/mol. The molecule has 0 amide bonds. The molecule has 0 radical (unpaired) electrons. The Bertz CT molecular complexity index is 708. The van der Waals surface area contributed by atoms with Crippen LogP contribution in [0.2, 0.25) is 0 Å². The maximum Gasteiger partial charge on any atom is 0.303 e. The molecule has 4 nitrogen and oxygen atoms in total. The van der Waals surface area contributed by atoms with Crippen LogP contribution in [0.4, 0.5) is 0 Å². The first-order chi connectivity index (χ1) is 9.27. The summed E-state index contributed by atoms with van der Waals surface area (Å²) in [7, 11) is 0.